The SMILES string of the molecule is C=COc1ccc(S(=O)(=O)N(CCCO)Cc2ccc(OC)cc2OC)cc1-c1nc2c(CCC)nc(C)n2c(=O)[nH]1. The lowest BCUT2D eigenvalue weighted by Gasteiger charge is -2.24. The Labute approximate surface area is 244 Å². The minimum absolute atomic E-state index is 0.0216. The minimum Gasteiger partial charge on any atom is -0.497 e. The fraction of sp³-hybridized carbons (Fsp3) is 0.345. The molecule has 0 aliphatic carbocycles. The third kappa shape index (κ3) is 6.17. The molecule has 42 heavy (non-hydrogen) atoms. The van der Waals surface area contributed by atoms with E-state index in [0.717, 1.165) is 6.42 Å². The molecule has 13 heteroatoms. The largest absolute Gasteiger partial charge is 0.497 e. The highest BCUT2D eigenvalue weighted by molar-refractivity contribution is 7.89. The molecule has 0 amide bonds. The minimum atomic E-state index is -4.12. The van der Waals surface area contributed by atoms with Crippen LogP contribution in [-0.2, 0) is 23.0 Å². The summed E-state index contributed by atoms with van der Waals surface area (Å²) in [5.41, 5.74) is 1.46. The molecule has 2 N–H and O–H groups in total. The van der Waals surface area contributed by atoms with Crippen molar-refractivity contribution in [3.8, 4) is 28.6 Å². The van der Waals surface area contributed by atoms with Crippen LogP contribution in [0.5, 0.6) is 17.2 Å². The van der Waals surface area contributed by atoms with Gasteiger partial charge in [-0.05, 0) is 44.0 Å². The van der Waals surface area contributed by atoms with Gasteiger partial charge in [0.05, 0.1) is 36.6 Å². The van der Waals surface area contributed by atoms with Crippen molar-refractivity contribution in [1.29, 1.82) is 0 Å². The molecule has 0 spiro atoms. The maximum absolute atomic E-state index is 14.1. The standard InChI is InChI=1S/C29H35N5O7S/c1-6-9-24-28-31-27(32-29(36)34(28)19(3)30-24)23-17-22(12-13-25(23)41-7-2)42(37,38)33(14-8-15-35)18-20-10-11-21(39-4)16-26(20)40-5/h7,10-13,16-17,35H,2,6,8-9,14-15,18H2,1,3-5H3,(H,31,32,36). The number of nitrogens with one attached hydrogen (secondary N) is 1. The summed E-state index contributed by atoms with van der Waals surface area (Å²) < 4.78 is 47.1. The zero-order valence-corrected chi connectivity index (χ0v) is 24.9. The number of aliphatic hydroxyl groups excluding tert-OH is 1. The van der Waals surface area contributed by atoms with Crippen LogP contribution in [0, 0.1) is 6.92 Å². The average Bonchev–Trinajstić information content (AvgIpc) is 3.30. The van der Waals surface area contributed by atoms with Crippen LogP contribution < -0.4 is 19.9 Å². The summed E-state index contributed by atoms with van der Waals surface area (Å²) in [6.45, 7) is 7.16. The molecule has 0 aliphatic heterocycles. The lowest BCUT2D eigenvalue weighted by Crippen LogP contribution is -2.32. The van der Waals surface area contributed by atoms with Crippen molar-refractivity contribution in [2.24, 2.45) is 0 Å². The zero-order chi connectivity index (χ0) is 30.4. The van der Waals surface area contributed by atoms with Gasteiger partial charge in [-0.1, -0.05) is 26.0 Å². The Kier molecular flexibility index (Phi) is 9.66. The van der Waals surface area contributed by atoms with Crippen molar-refractivity contribution in [2.45, 2.75) is 44.6 Å². The molecule has 12 nitrogen and oxygen atoms in total. The molecular formula is C29H35N5O7S. The fourth-order valence-electron chi connectivity index (χ4n) is 4.66. The van der Waals surface area contributed by atoms with Crippen molar-refractivity contribution < 1.29 is 27.7 Å². The maximum atomic E-state index is 14.1. The van der Waals surface area contributed by atoms with Gasteiger partial charge in [0.15, 0.2) is 5.65 Å². The molecule has 4 rings (SSSR count). The van der Waals surface area contributed by atoms with E-state index in [0.29, 0.717) is 40.6 Å². The van der Waals surface area contributed by atoms with Gasteiger partial charge in [-0.25, -0.2) is 27.6 Å². The highest BCUT2D eigenvalue weighted by Gasteiger charge is 2.28. The summed E-state index contributed by atoms with van der Waals surface area (Å²) in [5.74, 6) is 1.90. The monoisotopic (exact) mass is 597 g/mol. The second-order valence-corrected chi connectivity index (χ2v) is 11.4. The van der Waals surface area contributed by atoms with Gasteiger partial charge < -0.3 is 19.3 Å². The molecule has 0 aliphatic rings. The van der Waals surface area contributed by atoms with Crippen molar-refractivity contribution >= 4 is 15.7 Å². The summed E-state index contributed by atoms with van der Waals surface area (Å²) in [4.78, 5) is 25.0. The van der Waals surface area contributed by atoms with Gasteiger partial charge in [0, 0.05) is 31.3 Å². The van der Waals surface area contributed by atoms with Gasteiger partial charge in [-0.15, -0.1) is 0 Å². The number of hydrogen-bond acceptors (Lipinski definition) is 9. The Morgan fingerprint density at radius 3 is 2.57 bits per heavy atom. The molecule has 2 aromatic heterocycles. The summed E-state index contributed by atoms with van der Waals surface area (Å²) in [6, 6.07) is 9.43. The van der Waals surface area contributed by atoms with Crippen LogP contribution in [0.25, 0.3) is 17.0 Å². The highest BCUT2D eigenvalue weighted by atomic mass is 32.2. The number of sulfonamides is 1. The molecule has 0 fully saturated rings. The van der Waals surface area contributed by atoms with Crippen LogP contribution in [0.3, 0.4) is 0 Å². The lowest BCUT2D eigenvalue weighted by atomic mass is 10.2. The van der Waals surface area contributed by atoms with E-state index >= 15 is 0 Å². The van der Waals surface area contributed by atoms with Crippen LogP contribution in [0.15, 0.2) is 58.9 Å². The number of aromatic amines is 1. The smallest absolute Gasteiger partial charge is 0.334 e. The topological polar surface area (TPSA) is 148 Å². The number of aromatic nitrogens is 4. The number of H-pyrrole nitrogens is 1. The first-order valence-corrected chi connectivity index (χ1v) is 14.8. The lowest BCUT2D eigenvalue weighted by molar-refractivity contribution is 0.267. The van der Waals surface area contributed by atoms with Gasteiger partial charge in [-0.3, -0.25) is 4.98 Å². The molecule has 0 saturated carbocycles. The second kappa shape index (κ2) is 13.2. The Morgan fingerprint density at radius 1 is 1.12 bits per heavy atom. The van der Waals surface area contributed by atoms with Crippen LogP contribution >= 0.6 is 0 Å². The molecule has 2 aromatic carbocycles. The van der Waals surface area contributed by atoms with E-state index in [1.807, 2.05) is 6.92 Å². The third-order valence-electron chi connectivity index (χ3n) is 6.68. The molecule has 4 aromatic rings. The number of aliphatic hydroxyl groups is 1. The number of methoxy groups -OCH3 is 2. The molecule has 0 radical (unpaired) electrons. The molecular weight excluding hydrogens is 562 g/mol. The van der Waals surface area contributed by atoms with Crippen molar-refractivity contribution in [2.75, 3.05) is 27.4 Å². The number of hydrogen-bond donors (Lipinski definition) is 2. The summed E-state index contributed by atoms with van der Waals surface area (Å²) in [5, 5.41) is 9.51. The molecule has 0 atom stereocenters. The van der Waals surface area contributed by atoms with E-state index in [1.165, 1.54) is 47.4 Å². The summed E-state index contributed by atoms with van der Waals surface area (Å²) in [6.07, 6.45) is 2.84. The second-order valence-electron chi connectivity index (χ2n) is 9.44. The average molecular weight is 598 g/mol. The first-order valence-electron chi connectivity index (χ1n) is 13.4. The number of benzene rings is 2. The van der Waals surface area contributed by atoms with Crippen molar-refractivity contribution in [1.82, 2.24) is 23.7 Å². The molecule has 0 unspecified atom stereocenters. The Balaban J connectivity index is 1.84. The molecule has 2 heterocycles. The number of imidazole rings is 1. The van der Waals surface area contributed by atoms with E-state index in [1.54, 1.807) is 25.1 Å². The number of fused-ring (bicyclic) bond motifs is 1. The zero-order valence-electron chi connectivity index (χ0n) is 24.1. The number of aryl methyl sites for hydroxylation is 2. The Morgan fingerprint density at radius 2 is 1.90 bits per heavy atom. The van der Waals surface area contributed by atoms with Crippen LogP contribution in [0.4, 0.5) is 0 Å². The maximum Gasteiger partial charge on any atom is 0.334 e. The number of nitrogens with zero attached hydrogens (tertiary/aromatic N) is 4. The predicted molar refractivity (Wildman–Crippen MR) is 157 cm³/mol. The predicted octanol–water partition coefficient (Wildman–Crippen LogP) is 3.46. The van der Waals surface area contributed by atoms with Crippen molar-refractivity contribution in [3.63, 3.8) is 0 Å². The first-order chi connectivity index (χ1) is 20.2. The van der Waals surface area contributed by atoms with E-state index in [2.05, 4.69) is 21.5 Å². The van der Waals surface area contributed by atoms with Gasteiger partial charge >= 0.3 is 5.69 Å². The molecule has 0 bridgehead atoms. The Hall–Kier alpha value is -4.20. The normalized spacial score (nSPS) is 11.7. The van der Waals surface area contributed by atoms with E-state index in [4.69, 9.17) is 14.2 Å². The van der Waals surface area contributed by atoms with Crippen LogP contribution in [0.1, 0.15) is 36.8 Å². The highest BCUT2D eigenvalue weighted by Crippen LogP contribution is 2.33. The van der Waals surface area contributed by atoms with Gasteiger partial charge in [-0.2, -0.15) is 4.31 Å². The van der Waals surface area contributed by atoms with Crippen LogP contribution in [0.2, 0.25) is 0 Å². The first kappa shape index (κ1) is 30.8. The molecule has 224 valence electrons. The van der Waals surface area contributed by atoms with E-state index in [-0.39, 0.29) is 48.2 Å². The third-order valence-corrected chi connectivity index (χ3v) is 8.53. The van der Waals surface area contributed by atoms with E-state index < -0.39 is 15.7 Å². The Bertz CT molecular complexity index is 1750. The number of ether oxygens (including phenoxy) is 3. The molecule has 0 saturated heterocycles. The van der Waals surface area contributed by atoms with Gasteiger partial charge in [0.2, 0.25) is 10.0 Å². The quantitative estimate of drug-likeness (QED) is 0.209. The van der Waals surface area contributed by atoms with Crippen molar-refractivity contribution in [3.05, 3.63) is 76.8 Å². The van der Waals surface area contributed by atoms with Gasteiger partial charge in [0.1, 0.15) is 28.9 Å². The summed E-state index contributed by atoms with van der Waals surface area (Å²) >= 11 is 0. The number of rotatable bonds is 14. The summed E-state index contributed by atoms with van der Waals surface area (Å²) in [7, 11) is -1.10. The fourth-order valence-corrected chi connectivity index (χ4v) is 6.14. The van der Waals surface area contributed by atoms with Gasteiger partial charge in [0.25, 0.3) is 0 Å². The van der Waals surface area contributed by atoms with Crippen LogP contribution in [-0.4, -0.2) is 64.6 Å². The van der Waals surface area contributed by atoms with E-state index in [9.17, 15) is 18.3 Å².